The first kappa shape index (κ1) is 19.3. The van der Waals surface area contributed by atoms with Crippen LogP contribution in [0.3, 0.4) is 0 Å². The van der Waals surface area contributed by atoms with E-state index in [9.17, 15) is 4.79 Å². The van der Waals surface area contributed by atoms with Crippen LogP contribution < -0.4 is 0 Å². The van der Waals surface area contributed by atoms with E-state index in [1.807, 2.05) is 0 Å². The van der Waals surface area contributed by atoms with Gasteiger partial charge in [0.1, 0.15) is 6.29 Å². The van der Waals surface area contributed by atoms with Crippen molar-refractivity contribution in [2.45, 2.75) is 70.6 Å². The Balaban J connectivity index is 0.000000211. The molecule has 2 fully saturated rings. The first-order chi connectivity index (χ1) is 10.4. The monoisotopic (exact) mass is 329 g/mol. The van der Waals surface area contributed by atoms with Crippen LogP contribution in [-0.4, -0.2) is 36.6 Å². The van der Waals surface area contributed by atoms with Crippen molar-refractivity contribution in [2.24, 2.45) is 5.92 Å². The SMILES string of the molecule is O=CCCN1CCCCC1.PP=CCCC1CCCCC1. The Morgan fingerprint density at radius 2 is 1.67 bits per heavy atom. The summed E-state index contributed by atoms with van der Waals surface area (Å²) in [7, 11) is 4.11. The Morgan fingerprint density at radius 3 is 2.29 bits per heavy atom. The van der Waals surface area contributed by atoms with Crippen LogP contribution in [0.25, 0.3) is 0 Å². The third kappa shape index (κ3) is 10.6. The zero-order valence-corrected chi connectivity index (χ0v) is 15.6. The van der Waals surface area contributed by atoms with E-state index < -0.39 is 0 Å². The molecule has 1 aliphatic carbocycles. The molecule has 1 saturated carbocycles. The van der Waals surface area contributed by atoms with Crippen LogP contribution in [0, 0.1) is 5.92 Å². The minimum Gasteiger partial charge on any atom is -0.303 e. The summed E-state index contributed by atoms with van der Waals surface area (Å²) in [5, 5.41) is 0. The van der Waals surface area contributed by atoms with Crippen LogP contribution in [0.4, 0.5) is 0 Å². The molecule has 21 heavy (non-hydrogen) atoms. The maximum atomic E-state index is 10.0. The maximum Gasteiger partial charge on any atom is 0.121 e. The highest BCUT2D eigenvalue weighted by atomic mass is 32.0. The normalized spacial score (nSPS) is 21.0. The largest absolute Gasteiger partial charge is 0.303 e. The van der Waals surface area contributed by atoms with Gasteiger partial charge in [0, 0.05) is 13.0 Å². The second-order valence-corrected chi connectivity index (χ2v) is 7.83. The van der Waals surface area contributed by atoms with Crippen molar-refractivity contribution in [2.75, 3.05) is 19.6 Å². The van der Waals surface area contributed by atoms with Crippen LogP contribution in [0.5, 0.6) is 0 Å². The van der Waals surface area contributed by atoms with Gasteiger partial charge in [-0.05, 0) is 44.7 Å². The molecule has 0 radical (unpaired) electrons. The van der Waals surface area contributed by atoms with E-state index >= 15 is 0 Å². The molecule has 1 aliphatic heterocycles. The fourth-order valence-electron chi connectivity index (χ4n) is 3.28. The van der Waals surface area contributed by atoms with Gasteiger partial charge in [0.05, 0.1) is 0 Å². The summed E-state index contributed by atoms with van der Waals surface area (Å²) in [6, 6.07) is 0. The van der Waals surface area contributed by atoms with Gasteiger partial charge in [-0.1, -0.05) is 61.1 Å². The van der Waals surface area contributed by atoms with E-state index in [2.05, 4.69) is 19.6 Å². The van der Waals surface area contributed by atoms with E-state index in [0.717, 1.165) is 18.7 Å². The summed E-state index contributed by atoms with van der Waals surface area (Å²) in [5.41, 5.74) is 0. The molecule has 0 aromatic rings. The first-order valence-electron chi connectivity index (χ1n) is 8.74. The van der Waals surface area contributed by atoms with Crippen molar-refractivity contribution in [3.63, 3.8) is 0 Å². The Hall–Kier alpha value is 0.230. The van der Waals surface area contributed by atoms with Crippen molar-refractivity contribution >= 4 is 28.9 Å². The molecular formula is C17H33NOP2. The number of nitrogens with zero attached hydrogens (tertiary/aromatic N) is 1. The number of carbonyl (C=O) groups excluding carboxylic acids is 1. The highest BCUT2D eigenvalue weighted by Gasteiger charge is 2.11. The van der Waals surface area contributed by atoms with E-state index in [4.69, 9.17) is 0 Å². The topological polar surface area (TPSA) is 20.3 Å². The van der Waals surface area contributed by atoms with Crippen LogP contribution in [0.2, 0.25) is 0 Å². The summed E-state index contributed by atoms with van der Waals surface area (Å²) in [6.45, 7) is 3.38. The average molecular weight is 329 g/mol. The second kappa shape index (κ2) is 13.9. The summed E-state index contributed by atoms with van der Waals surface area (Å²) in [4.78, 5) is 12.4. The average Bonchev–Trinajstić information content (AvgIpc) is 2.56. The molecule has 2 rings (SSSR count). The van der Waals surface area contributed by atoms with E-state index in [1.165, 1.54) is 85.2 Å². The Kier molecular flexibility index (Phi) is 12.7. The molecule has 2 nitrogen and oxygen atoms in total. The summed E-state index contributed by atoms with van der Waals surface area (Å²) < 4.78 is 0. The van der Waals surface area contributed by atoms with Gasteiger partial charge in [-0.3, -0.25) is 0 Å². The summed E-state index contributed by atoms with van der Waals surface area (Å²) in [6.07, 6.45) is 16.0. The van der Waals surface area contributed by atoms with Crippen molar-refractivity contribution in [1.82, 2.24) is 4.90 Å². The lowest BCUT2D eigenvalue weighted by molar-refractivity contribution is -0.108. The Bertz CT molecular complexity index is 272. The lowest BCUT2D eigenvalue weighted by Crippen LogP contribution is -2.30. The first-order valence-corrected chi connectivity index (χ1v) is 11.3. The van der Waals surface area contributed by atoms with Gasteiger partial charge in [0.2, 0.25) is 0 Å². The minimum atomic E-state index is 0.708. The fourth-order valence-corrected chi connectivity index (χ4v) is 4.02. The molecule has 0 N–H and O–H groups in total. The molecule has 0 amide bonds. The number of carbonyl (C=O) groups is 1. The lowest BCUT2D eigenvalue weighted by atomic mass is 9.86. The second-order valence-electron chi connectivity index (χ2n) is 6.27. The molecule has 122 valence electrons. The Labute approximate surface area is 135 Å². The van der Waals surface area contributed by atoms with Crippen molar-refractivity contribution in [3.05, 3.63) is 0 Å². The quantitative estimate of drug-likeness (QED) is 0.508. The standard InChI is InChI=1S/C9H18P2.C8H15NO/c10-11-8-4-7-9-5-2-1-3-6-9;10-8-4-7-9-5-2-1-3-6-9/h8-9H,1-7,10H2;8H,1-7H2. The number of rotatable bonds is 6. The lowest BCUT2D eigenvalue weighted by Gasteiger charge is -2.25. The van der Waals surface area contributed by atoms with Crippen LogP contribution in [0.1, 0.15) is 70.6 Å². The third-order valence-electron chi connectivity index (χ3n) is 4.55. The molecule has 1 saturated heterocycles. The molecule has 0 spiro atoms. The highest BCUT2D eigenvalue weighted by molar-refractivity contribution is 8.01. The highest BCUT2D eigenvalue weighted by Crippen LogP contribution is 2.27. The number of likely N-dealkylation sites (tertiary alicyclic amines) is 1. The van der Waals surface area contributed by atoms with Gasteiger partial charge in [-0.15, -0.1) is 0 Å². The number of hydrogen-bond acceptors (Lipinski definition) is 2. The molecule has 0 aromatic heterocycles. The maximum absolute atomic E-state index is 10.0. The van der Waals surface area contributed by atoms with Gasteiger partial charge >= 0.3 is 0 Å². The number of piperidine rings is 1. The van der Waals surface area contributed by atoms with Gasteiger partial charge in [0.15, 0.2) is 0 Å². The fraction of sp³-hybridized carbons (Fsp3) is 0.882. The third-order valence-corrected chi connectivity index (χ3v) is 5.65. The molecule has 0 aromatic carbocycles. The van der Waals surface area contributed by atoms with Gasteiger partial charge < -0.3 is 9.69 Å². The van der Waals surface area contributed by atoms with Gasteiger partial charge in [0.25, 0.3) is 0 Å². The predicted octanol–water partition coefficient (Wildman–Crippen LogP) is 4.95. The van der Waals surface area contributed by atoms with Crippen LogP contribution in [0.15, 0.2) is 0 Å². The molecule has 1 heterocycles. The number of hydrogen-bond donors (Lipinski definition) is 0. The Morgan fingerprint density at radius 1 is 1.00 bits per heavy atom. The van der Waals surface area contributed by atoms with E-state index in [0.29, 0.717) is 6.42 Å². The zero-order chi connectivity index (χ0) is 15.2. The van der Waals surface area contributed by atoms with Gasteiger partial charge in [-0.25, -0.2) is 0 Å². The molecule has 4 heteroatoms. The molecule has 2 aliphatic rings. The molecular weight excluding hydrogens is 296 g/mol. The van der Waals surface area contributed by atoms with Crippen molar-refractivity contribution in [3.8, 4) is 0 Å². The smallest absolute Gasteiger partial charge is 0.121 e. The van der Waals surface area contributed by atoms with Crippen molar-refractivity contribution < 1.29 is 4.79 Å². The molecule has 1 unspecified atom stereocenters. The zero-order valence-electron chi connectivity index (χ0n) is 13.5. The minimum absolute atomic E-state index is 0.708. The molecule has 1 atom stereocenters. The van der Waals surface area contributed by atoms with E-state index in [1.54, 1.807) is 0 Å². The number of aldehydes is 1. The predicted molar refractivity (Wildman–Crippen MR) is 99.5 cm³/mol. The van der Waals surface area contributed by atoms with Crippen LogP contribution in [-0.2, 0) is 4.79 Å². The van der Waals surface area contributed by atoms with Crippen molar-refractivity contribution in [1.29, 1.82) is 0 Å². The van der Waals surface area contributed by atoms with E-state index in [-0.39, 0.29) is 0 Å². The van der Waals surface area contributed by atoms with Crippen LogP contribution >= 0.6 is 16.8 Å². The summed E-state index contributed by atoms with van der Waals surface area (Å²) in [5.74, 6) is 3.42. The van der Waals surface area contributed by atoms with Gasteiger partial charge in [-0.2, -0.15) is 0 Å². The molecule has 0 bridgehead atoms. The summed E-state index contributed by atoms with van der Waals surface area (Å²) >= 11 is 0.